The predicted octanol–water partition coefficient (Wildman–Crippen LogP) is 6.35. The molecular formula is C29H27BrClN3O5. The molecule has 0 unspecified atom stereocenters. The fourth-order valence-electron chi connectivity index (χ4n) is 4.08. The normalized spacial score (nSPS) is 11.4. The first-order chi connectivity index (χ1) is 18.6. The summed E-state index contributed by atoms with van der Waals surface area (Å²) in [5.74, 6) is 1.12. The summed E-state index contributed by atoms with van der Waals surface area (Å²) in [5.41, 5.74) is 3.51. The highest BCUT2D eigenvalue weighted by molar-refractivity contribution is 9.10. The monoisotopic (exact) mass is 611 g/mol. The number of benzene rings is 3. The number of para-hydroxylation sites is 1. The molecule has 3 aromatic carbocycles. The van der Waals surface area contributed by atoms with Crippen LogP contribution < -0.4 is 15.0 Å². The minimum atomic E-state index is -0.534. The average molecular weight is 613 g/mol. The molecule has 0 N–H and O–H groups in total. The van der Waals surface area contributed by atoms with Crippen LogP contribution in [0.5, 0.6) is 11.5 Å². The summed E-state index contributed by atoms with van der Waals surface area (Å²) in [6, 6.07) is 14.5. The fourth-order valence-corrected chi connectivity index (χ4v) is 5.07. The third-order valence-electron chi connectivity index (χ3n) is 6.10. The molecule has 10 heteroatoms. The van der Waals surface area contributed by atoms with Crippen molar-refractivity contribution in [2.45, 2.75) is 26.7 Å². The molecule has 0 fully saturated rings. The molecular weight excluding hydrogens is 586 g/mol. The number of aromatic nitrogens is 2. The lowest BCUT2D eigenvalue weighted by atomic mass is 9.96. The van der Waals surface area contributed by atoms with Crippen LogP contribution in [0, 0.1) is 6.92 Å². The molecule has 0 aliphatic rings. The van der Waals surface area contributed by atoms with E-state index in [1.54, 1.807) is 37.4 Å². The fraction of sp³-hybridized carbons (Fsp3) is 0.241. The van der Waals surface area contributed by atoms with Crippen molar-refractivity contribution in [1.82, 2.24) is 9.66 Å². The Hall–Kier alpha value is -3.69. The Bertz CT molecular complexity index is 1630. The largest absolute Gasteiger partial charge is 0.496 e. The number of carbonyl (C=O) groups is 1. The number of halogens is 2. The molecule has 0 aliphatic carbocycles. The van der Waals surface area contributed by atoms with Gasteiger partial charge in [-0.25, -0.2) is 9.78 Å². The minimum absolute atomic E-state index is 0.183. The van der Waals surface area contributed by atoms with E-state index in [1.165, 1.54) is 18.0 Å². The molecule has 8 nitrogen and oxygen atoms in total. The molecule has 4 aromatic rings. The Morgan fingerprint density at radius 2 is 1.92 bits per heavy atom. The zero-order chi connectivity index (χ0) is 28.3. The lowest BCUT2D eigenvalue weighted by Crippen LogP contribution is -2.20. The number of methoxy groups -OCH3 is 2. The summed E-state index contributed by atoms with van der Waals surface area (Å²) in [5, 5.41) is 5.25. The number of nitrogens with zero attached hydrogens (tertiary/aromatic N) is 3. The number of aryl methyl sites for hydroxylation is 1. The van der Waals surface area contributed by atoms with Gasteiger partial charge in [-0.3, -0.25) is 4.79 Å². The maximum Gasteiger partial charge on any atom is 0.343 e. The molecule has 0 aliphatic heterocycles. The van der Waals surface area contributed by atoms with E-state index in [1.807, 2.05) is 25.1 Å². The van der Waals surface area contributed by atoms with Crippen LogP contribution in [0.15, 0.2) is 62.9 Å². The van der Waals surface area contributed by atoms with E-state index >= 15 is 0 Å². The molecule has 1 aromatic heterocycles. The molecule has 4 rings (SSSR count). The number of hydrogen-bond donors (Lipinski definition) is 0. The highest BCUT2D eigenvalue weighted by Crippen LogP contribution is 2.35. The average Bonchev–Trinajstić information content (AvgIpc) is 2.91. The standard InChI is InChI=1S/C29H27BrClN3O5/c1-16(2)20-13-21(17(3)10-25(20)37-4)28-33-24-9-7-6-8-19(24)29(36)34(28)32-14-18-11-22(30)27(23(31)12-18)39-15-26(35)38-5/h6-14,16H,15H2,1-5H3. The lowest BCUT2D eigenvalue weighted by Gasteiger charge is -2.17. The summed E-state index contributed by atoms with van der Waals surface area (Å²) < 4.78 is 17.5. The summed E-state index contributed by atoms with van der Waals surface area (Å²) in [4.78, 5) is 29.9. The van der Waals surface area contributed by atoms with E-state index in [2.05, 4.69) is 39.6 Å². The number of fused-ring (bicyclic) bond motifs is 1. The predicted molar refractivity (Wildman–Crippen MR) is 156 cm³/mol. The highest BCUT2D eigenvalue weighted by Gasteiger charge is 2.18. The molecule has 0 radical (unpaired) electrons. The number of carbonyl (C=O) groups excluding carboxylic acids is 1. The van der Waals surface area contributed by atoms with Gasteiger partial charge in [-0.15, -0.1) is 0 Å². The van der Waals surface area contributed by atoms with E-state index in [-0.39, 0.29) is 23.1 Å². The van der Waals surface area contributed by atoms with Crippen LogP contribution in [0.2, 0.25) is 5.02 Å². The van der Waals surface area contributed by atoms with Crippen LogP contribution in [0.3, 0.4) is 0 Å². The molecule has 0 bridgehead atoms. The summed E-state index contributed by atoms with van der Waals surface area (Å²) >= 11 is 9.84. The maximum absolute atomic E-state index is 13.6. The van der Waals surface area contributed by atoms with Crippen LogP contribution in [0.4, 0.5) is 0 Å². The molecule has 0 saturated heterocycles. The zero-order valence-electron chi connectivity index (χ0n) is 22.1. The Morgan fingerprint density at radius 1 is 1.18 bits per heavy atom. The maximum atomic E-state index is 13.6. The minimum Gasteiger partial charge on any atom is -0.496 e. The van der Waals surface area contributed by atoms with Crippen molar-refractivity contribution in [3.63, 3.8) is 0 Å². The second-order valence-corrected chi connectivity index (χ2v) is 10.3. The molecule has 1 heterocycles. The van der Waals surface area contributed by atoms with E-state index in [9.17, 15) is 9.59 Å². The Kier molecular flexibility index (Phi) is 8.72. The van der Waals surface area contributed by atoms with Crippen molar-refractivity contribution in [3.05, 3.63) is 85.1 Å². The van der Waals surface area contributed by atoms with Gasteiger partial charge in [0.2, 0.25) is 0 Å². The number of ether oxygens (including phenoxy) is 3. The van der Waals surface area contributed by atoms with Gasteiger partial charge in [-0.2, -0.15) is 9.78 Å². The van der Waals surface area contributed by atoms with Crippen LogP contribution in [-0.4, -0.2) is 42.7 Å². The van der Waals surface area contributed by atoms with Gasteiger partial charge in [-0.1, -0.05) is 37.6 Å². The molecule has 39 heavy (non-hydrogen) atoms. The summed E-state index contributed by atoms with van der Waals surface area (Å²) in [7, 11) is 2.92. The highest BCUT2D eigenvalue weighted by atomic mass is 79.9. The zero-order valence-corrected chi connectivity index (χ0v) is 24.5. The second-order valence-electron chi connectivity index (χ2n) is 9.06. The van der Waals surface area contributed by atoms with E-state index < -0.39 is 5.97 Å². The Labute approximate surface area is 239 Å². The number of rotatable bonds is 8. The van der Waals surface area contributed by atoms with Gasteiger partial charge in [0, 0.05) is 5.56 Å². The van der Waals surface area contributed by atoms with Gasteiger partial charge in [0.25, 0.3) is 5.56 Å². The van der Waals surface area contributed by atoms with Crippen molar-refractivity contribution < 1.29 is 19.0 Å². The first kappa shape index (κ1) is 28.3. The van der Waals surface area contributed by atoms with E-state index in [4.69, 9.17) is 26.1 Å². The molecule has 202 valence electrons. The number of hydrogen-bond acceptors (Lipinski definition) is 7. The number of esters is 1. The first-order valence-corrected chi connectivity index (χ1v) is 13.2. The van der Waals surface area contributed by atoms with Crippen molar-refractivity contribution in [1.29, 1.82) is 0 Å². The van der Waals surface area contributed by atoms with Crippen molar-refractivity contribution in [2.24, 2.45) is 5.10 Å². The first-order valence-electron chi connectivity index (χ1n) is 12.1. The van der Waals surface area contributed by atoms with Gasteiger partial charge in [0.05, 0.1) is 40.8 Å². The van der Waals surface area contributed by atoms with Gasteiger partial charge in [0.15, 0.2) is 18.2 Å². The van der Waals surface area contributed by atoms with Crippen molar-refractivity contribution in [3.8, 4) is 22.9 Å². The second kappa shape index (κ2) is 12.0. The van der Waals surface area contributed by atoms with Gasteiger partial charge < -0.3 is 14.2 Å². The van der Waals surface area contributed by atoms with Gasteiger partial charge in [0.1, 0.15) is 5.75 Å². The van der Waals surface area contributed by atoms with E-state index in [0.29, 0.717) is 32.5 Å². The van der Waals surface area contributed by atoms with Crippen LogP contribution in [-0.2, 0) is 9.53 Å². The Balaban J connectivity index is 1.86. The summed E-state index contributed by atoms with van der Waals surface area (Å²) in [6.07, 6.45) is 1.52. The molecule has 0 amide bonds. The van der Waals surface area contributed by atoms with Gasteiger partial charge >= 0.3 is 5.97 Å². The molecule has 0 atom stereocenters. The third kappa shape index (κ3) is 5.99. The van der Waals surface area contributed by atoms with Crippen molar-refractivity contribution in [2.75, 3.05) is 20.8 Å². The van der Waals surface area contributed by atoms with Crippen LogP contribution >= 0.6 is 27.5 Å². The third-order valence-corrected chi connectivity index (χ3v) is 6.97. The molecule has 0 saturated carbocycles. The smallest absolute Gasteiger partial charge is 0.343 e. The topological polar surface area (TPSA) is 92.0 Å². The SMILES string of the molecule is COC(=O)COc1c(Cl)cc(C=Nn2c(-c3cc(C(C)C)c(OC)cc3C)nc3ccccc3c2=O)cc1Br. The lowest BCUT2D eigenvalue weighted by molar-refractivity contribution is -0.142. The molecule has 0 spiro atoms. The van der Waals surface area contributed by atoms with Crippen LogP contribution in [0.1, 0.15) is 36.5 Å². The quantitative estimate of drug-likeness (QED) is 0.170. The van der Waals surface area contributed by atoms with Gasteiger partial charge in [-0.05, 0) is 81.9 Å². The van der Waals surface area contributed by atoms with E-state index in [0.717, 1.165) is 22.4 Å². The Morgan fingerprint density at radius 3 is 2.59 bits per heavy atom. The van der Waals surface area contributed by atoms with Crippen LogP contribution in [0.25, 0.3) is 22.3 Å². The summed E-state index contributed by atoms with van der Waals surface area (Å²) in [6.45, 7) is 5.82. The van der Waals surface area contributed by atoms with Crippen molar-refractivity contribution >= 4 is 50.6 Å².